The lowest BCUT2D eigenvalue weighted by molar-refractivity contribution is -0.114. The van der Waals surface area contributed by atoms with Crippen molar-refractivity contribution in [3.05, 3.63) is 59.7 Å². The third kappa shape index (κ3) is 6.44. The van der Waals surface area contributed by atoms with Crippen molar-refractivity contribution in [3.8, 4) is 0 Å². The van der Waals surface area contributed by atoms with Crippen LogP contribution in [0, 0.1) is 6.92 Å². The number of carbonyl (C=O) groups is 2. The Kier molecular flexibility index (Phi) is 7.86. The number of hydrogen-bond donors (Lipinski definition) is 2. The van der Waals surface area contributed by atoms with E-state index in [-0.39, 0.29) is 18.4 Å². The average molecular weight is 367 g/mol. The maximum absolute atomic E-state index is 12.6. The average Bonchev–Trinajstić information content (AvgIpc) is 2.66. The molecular formula is C22H29N3O2. The van der Waals surface area contributed by atoms with Crippen molar-refractivity contribution in [2.24, 2.45) is 0 Å². The van der Waals surface area contributed by atoms with Gasteiger partial charge in [-0.05, 0) is 61.7 Å². The number of hydrogen-bond acceptors (Lipinski definition) is 3. The summed E-state index contributed by atoms with van der Waals surface area (Å²) in [6, 6.07) is 15.0. The Bertz CT molecular complexity index is 750. The first kappa shape index (κ1) is 20.5. The van der Waals surface area contributed by atoms with Crippen molar-refractivity contribution in [2.75, 3.05) is 30.3 Å². The summed E-state index contributed by atoms with van der Waals surface area (Å²) in [7, 11) is 0. The van der Waals surface area contributed by atoms with Crippen LogP contribution in [-0.2, 0) is 4.79 Å². The Hall–Kier alpha value is -2.82. The second kappa shape index (κ2) is 10.4. The molecule has 0 aliphatic heterocycles. The Morgan fingerprint density at radius 2 is 1.59 bits per heavy atom. The predicted octanol–water partition coefficient (Wildman–Crippen LogP) is 4.31. The molecule has 0 bridgehead atoms. The maximum Gasteiger partial charge on any atom is 0.253 e. The zero-order chi connectivity index (χ0) is 19.6. The minimum atomic E-state index is -0.113. The normalized spacial score (nSPS) is 10.3. The highest BCUT2D eigenvalue weighted by molar-refractivity contribution is 5.95. The van der Waals surface area contributed by atoms with Gasteiger partial charge in [0, 0.05) is 30.0 Å². The number of rotatable bonds is 9. The Morgan fingerprint density at radius 3 is 2.19 bits per heavy atom. The van der Waals surface area contributed by atoms with Gasteiger partial charge in [0.25, 0.3) is 5.91 Å². The first-order valence-corrected chi connectivity index (χ1v) is 9.53. The van der Waals surface area contributed by atoms with Gasteiger partial charge in [0.2, 0.25) is 5.91 Å². The van der Waals surface area contributed by atoms with Gasteiger partial charge in [-0.25, -0.2) is 0 Å². The summed E-state index contributed by atoms with van der Waals surface area (Å²) in [6.07, 6.45) is 1.89. The summed E-state index contributed by atoms with van der Waals surface area (Å²) in [5.41, 5.74) is 3.37. The molecule has 0 atom stereocenters. The summed E-state index contributed by atoms with van der Waals surface area (Å²) in [5.74, 6) is -0.0553. The molecule has 0 aliphatic carbocycles. The smallest absolute Gasteiger partial charge is 0.253 e. The fraction of sp³-hybridized carbons (Fsp3) is 0.364. The molecule has 0 fully saturated rings. The van der Waals surface area contributed by atoms with Gasteiger partial charge in [-0.15, -0.1) is 0 Å². The molecule has 0 aliphatic rings. The lowest BCUT2D eigenvalue weighted by atomic mass is 10.1. The molecule has 27 heavy (non-hydrogen) atoms. The van der Waals surface area contributed by atoms with Crippen molar-refractivity contribution in [3.63, 3.8) is 0 Å². The molecule has 0 saturated heterocycles. The van der Waals surface area contributed by atoms with Gasteiger partial charge in [0.15, 0.2) is 0 Å². The van der Waals surface area contributed by atoms with E-state index in [9.17, 15) is 9.59 Å². The zero-order valence-corrected chi connectivity index (χ0v) is 16.4. The predicted molar refractivity (Wildman–Crippen MR) is 111 cm³/mol. The summed E-state index contributed by atoms with van der Waals surface area (Å²) in [4.78, 5) is 26.5. The maximum atomic E-state index is 12.6. The summed E-state index contributed by atoms with van der Waals surface area (Å²) < 4.78 is 0. The number of nitrogens with one attached hydrogen (secondary N) is 2. The van der Waals surface area contributed by atoms with Crippen LogP contribution in [0.4, 0.5) is 11.4 Å². The van der Waals surface area contributed by atoms with Gasteiger partial charge in [-0.1, -0.05) is 26.0 Å². The number of carbonyl (C=O) groups excluding carboxylic acids is 2. The van der Waals surface area contributed by atoms with Crippen LogP contribution >= 0.6 is 0 Å². The highest BCUT2D eigenvalue weighted by atomic mass is 16.2. The van der Waals surface area contributed by atoms with Crippen LogP contribution in [0.1, 0.15) is 42.6 Å². The summed E-state index contributed by atoms with van der Waals surface area (Å²) in [5, 5.41) is 5.95. The molecule has 2 aromatic carbocycles. The first-order valence-electron chi connectivity index (χ1n) is 9.53. The fourth-order valence-electron chi connectivity index (χ4n) is 2.88. The molecule has 5 nitrogen and oxygen atoms in total. The summed E-state index contributed by atoms with van der Waals surface area (Å²) >= 11 is 0. The van der Waals surface area contributed by atoms with Gasteiger partial charge in [0.05, 0.1) is 6.54 Å². The van der Waals surface area contributed by atoms with Crippen LogP contribution in [0.25, 0.3) is 0 Å². The van der Waals surface area contributed by atoms with Crippen molar-refractivity contribution in [1.29, 1.82) is 0 Å². The van der Waals surface area contributed by atoms with Crippen LogP contribution in [0.5, 0.6) is 0 Å². The third-order valence-corrected chi connectivity index (χ3v) is 4.16. The van der Waals surface area contributed by atoms with E-state index < -0.39 is 0 Å². The van der Waals surface area contributed by atoms with Crippen molar-refractivity contribution in [1.82, 2.24) is 4.90 Å². The lowest BCUT2D eigenvalue weighted by Crippen LogP contribution is -2.32. The Labute approximate surface area is 161 Å². The highest BCUT2D eigenvalue weighted by Gasteiger charge is 2.14. The van der Waals surface area contributed by atoms with Crippen LogP contribution in [0.15, 0.2) is 48.5 Å². The van der Waals surface area contributed by atoms with Crippen molar-refractivity contribution < 1.29 is 9.59 Å². The van der Waals surface area contributed by atoms with E-state index in [1.165, 1.54) is 0 Å². The molecule has 144 valence electrons. The number of nitrogens with zero attached hydrogens (tertiary/aromatic N) is 1. The van der Waals surface area contributed by atoms with E-state index in [1.807, 2.05) is 48.2 Å². The Balaban J connectivity index is 1.89. The van der Waals surface area contributed by atoms with Crippen LogP contribution in [-0.4, -0.2) is 36.3 Å². The van der Waals surface area contributed by atoms with Crippen molar-refractivity contribution in [2.45, 2.75) is 33.6 Å². The second-order valence-electron chi connectivity index (χ2n) is 6.64. The SMILES string of the molecule is CCCN(CCC)C(=O)c1ccc(NCC(=O)Nc2cccc(C)c2)cc1. The molecule has 0 radical (unpaired) electrons. The molecule has 2 aromatic rings. The largest absolute Gasteiger partial charge is 0.376 e. The van der Waals surface area contributed by atoms with Gasteiger partial charge in [0.1, 0.15) is 0 Å². The quantitative estimate of drug-likeness (QED) is 0.694. The summed E-state index contributed by atoms with van der Waals surface area (Å²) in [6.45, 7) is 7.84. The minimum Gasteiger partial charge on any atom is -0.376 e. The van der Waals surface area contributed by atoms with Gasteiger partial charge < -0.3 is 15.5 Å². The third-order valence-electron chi connectivity index (χ3n) is 4.16. The molecule has 2 N–H and O–H groups in total. The number of anilines is 2. The van der Waals surface area contributed by atoms with Gasteiger partial charge in [-0.3, -0.25) is 9.59 Å². The number of aryl methyl sites for hydroxylation is 1. The monoisotopic (exact) mass is 367 g/mol. The molecule has 0 spiro atoms. The molecule has 2 rings (SSSR count). The van der Waals surface area contributed by atoms with E-state index in [1.54, 1.807) is 12.1 Å². The molecule has 0 saturated carbocycles. The minimum absolute atomic E-state index is 0.0578. The van der Waals surface area contributed by atoms with E-state index in [2.05, 4.69) is 24.5 Å². The zero-order valence-electron chi connectivity index (χ0n) is 16.4. The molecule has 2 amide bonds. The fourth-order valence-corrected chi connectivity index (χ4v) is 2.88. The standard InChI is InChI=1S/C22H29N3O2/c1-4-13-25(14-5-2)22(27)18-9-11-19(12-10-18)23-16-21(26)24-20-8-6-7-17(3)15-20/h6-12,15,23H,4-5,13-14,16H2,1-3H3,(H,24,26). The Morgan fingerprint density at radius 1 is 0.926 bits per heavy atom. The van der Waals surface area contributed by atoms with Crippen molar-refractivity contribution >= 4 is 23.2 Å². The molecule has 0 heterocycles. The number of benzene rings is 2. The van der Waals surface area contributed by atoms with E-state index in [0.29, 0.717) is 5.56 Å². The van der Waals surface area contributed by atoms with Crippen LogP contribution < -0.4 is 10.6 Å². The molecular weight excluding hydrogens is 338 g/mol. The number of amides is 2. The topological polar surface area (TPSA) is 61.4 Å². The van der Waals surface area contributed by atoms with E-state index >= 15 is 0 Å². The van der Waals surface area contributed by atoms with E-state index in [0.717, 1.165) is 42.9 Å². The lowest BCUT2D eigenvalue weighted by Gasteiger charge is -2.21. The molecule has 0 unspecified atom stereocenters. The first-order chi connectivity index (χ1) is 13.0. The van der Waals surface area contributed by atoms with E-state index in [4.69, 9.17) is 0 Å². The molecule has 0 aromatic heterocycles. The van der Waals surface area contributed by atoms with Crippen LogP contribution in [0.3, 0.4) is 0 Å². The van der Waals surface area contributed by atoms with Crippen LogP contribution in [0.2, 0.25) is 0 Å². The van der Waals surface area contributed by atoms with Gasteiger partial charge in [-0.2, -0.15) is 0 Å². The highest BCUT2D eigenvalue weighted by Crippen LogP contribution is 2.13. The van der Waals surface area contributed by atoms with Gasteiger partial charge >= 0.3 is 0 Å². The molecule has 5 heteroatoms. The second-order valence-corrected chi connectivity index (χ2v) is 6.64.